The van der Waals surface area contributed by atoms with E-state index in [9.17, 15) is 4.79 Å². The van der Waals surface area contributed by atoms with Gasteiger partial charge in [-0.2, -0.15) is 0 Å². The van der Waals surface area contributed by atoms with Crippen LogP contribution < -0.4 is 14.4 Å². The van der Waals surface area contributed by atoms with Crippen molar-refractivity contribution in [2.75, 3.05) is 18.6 Å². The monoisotopic (exact) mass is 511 g/mol. The topological polar surface area (TPSA) is 38.8 Å². The Balaban J connectivity index is 1.65. The van der Waals surface area contributed by atoms with Crippen LogP contribution in [-0.2, 0) is 11.4 Å². The van der Waals surface area contributed by atoms with E-state index in [1.54, 1.807) is 7.11 Å². The zero-order chi connectivity index (χ0) is 22.7. The minimum atomic E-state index is 0.0196. The highest BCUT2D eigenvalue weighted by Gasteiger charge is 2.31. The summed E-state index contributed by atoms with van der Waals surface area (Å²) in [4.78, 5) is 15.0. The van der Waals surface area contributed by atoms with Crippen LogP contribution in [0.5, 0.6) is 11.5 Å². The maximum atomic E-state index is 13.1. The number of fused-ring (bicyclic) bond motifs is 1. The molecular formula is C26H23BrClNO3. The lowest BCUT2D eigenvalue weighted by atomic mass is 10.0. The third kappa shape index (κ3) is 4.54. The SMILES string of the molecule is CCCN1C(=O)/C(=C\c2cc(Br)c(OCc3ccc(Cl)cc3)c(OC)c2)c2ccccc21. The van der Waals surface area contributed by atoms with Crippen molar-refractivity contribution in [3.05, 3.63) is 86.8 Å². The highest BCUT2D eigenvalue weighted by atomic mass is 79.9. The maximum absolute atomic E-state index is 13.1. The van der Waals surface area contributed by atoms with Crippen molar-refractivity contribution >= 4 is 50.8 Å². The van der Waals surface area contributed by atoms with Crippen molar-refractivity contribution in [2.45, 2.75) is 20.0 Å². The lowest BCUT2D eigenvalue weighted by Crippen LogP contribution is -2.26. The average molecular weight is 513 g/mol. The van der Waals surface area contributed by atoms with E-state index in [-0.39, 0.29) is 5.91 Å². The molecule has 0 unspecified atom stereocenters. The molecule has 0 N–H and O–H groups in total. The van der Waals surface area contributed by atoms with Gasteiger partial charge in [-0.3, -0.25) is 4.79 Å². The van der Waals surface area contributed by atoms with Crippen molar-refractivity contribution in [1.29, 1.82) is 0 Å². The van der Waals surface area contributed by atoms with Crippen LogP contribution >= 0.6 is 27.5 Å². The van der Waals surface area contributed by atoms with Crippen molar-refractivity contribution in [3.63, 3.8) is 0 Å². The molecule has 32 heavy (non-hydrogen) atoms. The highest BCUT2D eigenvalue weighted by molar-refractivity contribution is 9.10. The Morgan fingerprint density at radius 3 is 2.56 bits per heavy atom. The summed E-state index contributed by atoms with van der Waals surface area (Å²) < 4.78 is 12.4. The number of hydrogen-bond donors (Lipinski definition) is 0. The number of rotatable bonds is 7. The molecule has 4 rings (SSSR count). The molecule has 3 aromatic rings. The number of carbonyl (C=O) groups excluding carboxylic acids is 1. The Labute approximate surface area is 201 Å². The summed E-state index contributed by atoms with van der Waals surface area (Å²) in [6.07, 6.45) is 2.81. The number of ether oxygens (including phenoxy) is 2. The first-order valence-corrected chi connectivity index (χ1v) is 11.6. The first-order chi connectivity index (χ1) is 15.5. The largest absolute Gasteiger partial charge is 0.493 e. The van der Waals surface area contributed by atoms with E-state index < -0.39 is 0 Å². The molecule has 4 nitrogen and oxygen atoms in total. The lowest BCUT2D eigenvalue weighted by molar-refractivity contribution is -0.113. The molecule has 1 aliphatic rings. The third-order valence-electron chi connectivity index (χ3n) is 5.27. The molecule has 0 spiro atoms. The molecule has 0 bridgehead atoms. The van der Waals surface area contributed by atoms with Gasteiger partial charge in [0.2, 0.25) is 0 Å². The zero-order valence-corrected chi connectivity index (χ0v) is 20.2. The molecule has 0 atom stereocenters. The summed E-state index contributed by atoms with van der Waals surface area (Å²) in [5, 5.41) is 0.686. The molecule has 6 heteroatoms. The van der Waals surface area contributed by atoms with Crippen LogP contribution in [-0.4, -0.2) is 19.6 Å². The summed E-state index contributed by atoms with van der Waals surface area (Å²) in [6, 6.07) is 19.2. The summed E-state index contributed by atoms with van der Waals surface area (Å²) in [5.41, 5.74) is 4.43. The molecule has 0 aliphatic carbocycles. The van der Waals surface area contributed by atoms with Crippen molar-refractivity contribution in [3.8, 4) is 11.5 Å². The number of methoxy groups -OCH3 is 1. The van der Waals surface area contributed by atoms with Gasteiger partial charge < -0.3 is 14.4 Å². The number of nitrogens with zero attached hydrogens (tertiary/aromatic N) is 1. The van der Waals surface area contributed by atoms with Crippen molar-refractivity contribution in [2.24, 2.45) is 0 Å². The van der Waals surface area contributed by atoms with E-state index in [1.165, 1.54) is 0 Å². The molecule has 0 fully saturated rings. The number of anilines is 1. The molecule has 0 aromatic heterocycles. The predicted molar refractivity (Wildman–Crippen MR) is 133 cm³/mol. The van der Waals surface area contributed by atoms with Gasteiger partial charge in [-0.15, -0.1) is 0 Å². The molecule has 0 radical (unpaired) electrons. The Kier molecular flexibility index (Phi) is 6.87. The summed E-state index contributed by atoms with van der Waals surface area (Å²) in [7, 11) is 1.60. The van der Waals surface area contributed by atoms with Crippen LogP contribution in [0.2, 0.25) is 5.02 Å². The number of halogens is 2. The fourth-order valence-corrected chi connectivity index (χ4v) is 4.46. The molecule has 0 saturated carbocycles. The van der Waals surface area contributed by atoms with Crippen LogP contribution in [0.4, 0.5) is 5.69 Å². The van der Waals surface area contributed by atoms with Gasteiger partial charge in [0.15, 0.2) is 11.5 Å². The first kappa shape index (κ1) is 22.4. The molecule has 3 aromatic carbocycles. The standard InChI is InChI=1S/C26H23BrClNO3/c1-3-12-29-23-7-5-4-6-20(23)21(26(29)30)13-18-14-22(27)25(24(15-18)31-2)32-16-17-8-10-19(28)11-9-17/h4-11,13-15H,3,12,16H2,1-2H3/b21-13-. The van der Waals surface area contributed by atoms with Gasteiger partial charge in [0.1, 0.15) is 6.61 Å². The second kappa shape index (κ2) is 9.80. The maximum Gasteiger partial charge on any atom is 0.258 e. The van der Waals surface area contributed by atoms with E-state index in [0.29, 0.717) is 35.2 Å². The molecule has 164 valence electrons. The van der Waals surface area contributed by atoms with Gasteiger partial charge in [-0.25, -0.2) is 0 Å². The van der Waals surface area contributed by atoms with Crippen LogP contribution in [0.15, 0.2) is 65.1 Å². The molecule has 0 saturated heterocycles. The third-order valence-corrected chi connectivity index (χ3v) is 6.11. The van der Waals surface area contributed by atoms with Gasteiger partial charge >= 0.3 is 0 Å². The Bertz CT molecular complexity index is 1170. The van der Waals surface area contributed by atoms with Gasteiger partial charge in [0.05, 0.1) is 17.3 Å². The number of carbonyl (C=O) groups is 1. The van der Waals surface area contributed by atoms with Crippen molar-refractivity contribution in [1.82, 2.24) is 0 Å². The van der Waals surface area contributed by atoms with Crippen LogP contribution in [0, 0.1) is 0 Å². The van der Waals surface area contributed by atoms with Gasteiger partial charge in [-0.05, 0) is 69.9 Å². The molecular weight excluding hydrogens is 490 g/mol. The molecule has 1 aliphatic heterocycles. The second-order valence-electron chi connectivity index (χ2n) is 7.48. The number of para-hydroxylation sites is 1. The fourth-order valence-electron chi connectivity index (χ4n) is 3.76. The minimum Gasteiger partial charge on any atom is -0.493 e. The van der Waals surface area contributed by atoms with Crippen molar-refractivity contribution < 1.29 is 14.3 Å². The lowest BCUT2D eigenvalue weighted by Gasteiger charge is -2.15. The molecule has 1 amide bonds. The fraction of sp³-hybridized carbons (Fsp3) is 0.192. The van der Waals surface area contributed by atoms with Gasteiger partial charge in [-0.1, -0.05) is 48.9 Å². The predicted octanol–water partition coefficient (Wildman–Crippen LogP) is 6.99. The smallest absolute Gasteiger partial charge is 0.258 e. The number of benzene rings is 3. The van der Waals surface area contributed by atoms with Gasteiger partial charge in [0.25, 0.3) is 5.91 Å². The average Bonchev–Trinajstić information content (AvgIpc) is 3.05. The van der Waals surface area contributed by atoms with E-state index in [4.69, 9.17) is 21.1 Å². The number of amides is 1. The van der Waals surface area contributed by atoms with Crippen LogP contribution in [0.1, 0.15) is 30.0 Å². The first-order valence-electron chi connectivity index (χ1n) is 10.4. The Morgan fingerprint density at radius 1 is 1.09 bits per heavy atom. The minimum absolute atomic E-state index is 0.0196. The zero-order valence-electron chi connectivity index (χ0n) is 17.9. The number of hydrogen-bond acceptors (Lipinski definition) is 3. The second-order valence-corrected chi connectivity index (χ2v) is 8.77. The summed E-state index contributed by atoms with van der Waals surface area (Å²) in [5.74, 6) is 1.21. The van der Waals surface area contributed by atoms with Gasteiger partial charge in [0, 0.05) is 22.7 Å². The van der Waals surface area contributed by atoms with E-state index in [0.717, 1.165) is 33.3 Å². The quantitative estimate of drug-likeness (QED) is 0.320. The summed E-state index contributed by atoms with van der Waals surface area (Å²) in [6.45, 7) is 3.14. The van der Waals surface area contributed by atoms with Crippen LogP contribution in [0.3, 0.4) is 0 Å². The van der Waals surface area contributed by atoms with Crippen LogP contribution in [0.25, 0.3) is 11.6 Å². The Morgan fingerprint density at radius 2 is 1.84 bits per heavy atom. The molecule has 1 heterocycles. The highest BCUT2D eigenvalue weighted by Crippen LogP contribution is 2.41. The normalized spacial score (nSPS) is 14.1. The van der Waals surface area contributed by atoms with E-state index in [2.05, 4.69) is 22.9 Å². The Hall–Kier alpha value is -2.76. The summed E-state index contributed by atoms with van der Waals surface area (Å²) >= 11 is 9.56. The van der Waals surface area contributed by atoms with E-state index >= 15 is 0 Å². The van der Waals surface area contributed by atoms with E-state index in [1.807, 2.05) is 71.6 Å².